The Morgan fingerprint density at radius 3 is 2.44 bits per heavy atom. The Hall–Kier alpha value is -4.59. The molecule has 1 amide bonds. The molecule has 5 aromatic rings. The third-order valence-electron chi connectivity index (χ3n) is 5.57. The van der Waals surface area contributed by atoms with E-state index in [-0.39, 0.29) is 23.7 Å². The zero-order valence-electron chi connectivity index (χ0n) is 18.4. The molecule has 3 aromatic carbocycles. The molecule has 0 spiro atoms. The van der Waals surface area contributed by atoms with Gasteiger partial charge in [0, 0.05) is 6.54 Å². The summed E-state index contributed by atoms with van der Waals surface area (Å²) in [6.45, 7) is 2.19. The number of rotatable bonds is 5. The van der Waals surface area contributed by atoms with E-state index < -0.39 is 5.91 Å². The number of nitrogens with two attached hydrogens (primary N) is 1. The summed E-state index contributed by atoms with van der Waals surface area (Å²) in [6, 6.07) is 21.1. The maximum Gasteiger partial charge on any atom is 0.257 e. The molecule has 8 heteroatoms. The van der Waals surface area contributed by atoms with Gasteiger partial charge in [-0.15, -0.1) is 0 Å². The maximum atomic E-state index is 13.2. The van der Waals surface area contributed by atoms with Crippen molar-refractivity contribution in [1.82, 2.24) is 20.0 Å². The highest BCUT2D eigenvalue weighted by atomic mass is 19.1. The highest BCUT2D eigenvalue weighted by molar-refractivity contribution is 6.10. The fraction of sp³-hybridized carbons (Fsp3) is 0.0769. The molecule has 2 aromatic heterocycles. The zero-order valence-corrected chi connectivity index (χ0v) is 18.4. The molecule has 2 heterocycles. The number of fused-ring (bicyclic) bond motifs is 2. The zero-order chi connectivity index (χ0) is 23.7. The first-order chi connectivity index (χ1) is 16.5. The van der Waals surface area contributed by atoms with Crippen molar-refractivity contribution < 1.29 is 9.18 Å². The van der Waals surface area contributed by atoms with Gasteiger partial charge in [0.1, 0.15) is 22.7 Å². The van der Waals surface area contributed by atoms with Crippen LogP contribution in [0.2, 0.25) is 0 Å². The van der Waals surface area contributed by atoms with Gasteiger partial charge >= 0.3 is 0 Å². The summed E-state index contributed by atoms with van der Waals surface area (Å²) in [5.41, 5.74) is 11.4. The lowest BCUT2D eigenvalue weighted by molar-refractivity contribution is 0.0953. The minimum Gasteiger partial charge on any atom is -0.383 e. The Bertz CT molecular complexity index is 1560. The average Bonchev–Trinajstić information content (AvgIpc) is 3.11. The highest BCUT2D eigenvalue weighted by Gasteiger charge is 2.24. The third-order valence-corrected chi connectivity index (χ3v) is 5.57. The molecule has 0 radical (unpaired) electrons. The van der Waals surface area contributed by atoms with Crippen LogP contribution in [0.1, 0.15) is 27.0 Å². The number of nitrogens with zero attached hydrogens (tertiary/aromatic N) is 4. The smallest absolute Gasteiger partial charge is 0.257 e. The van der Waals surface area contributed by atoms with Gasteiger partial charge in [0.05, 0.1) is 17.2 Å². The number of benzene rings is 3. The molecule has 7 nitrogen and oxygen atoms in total. The number of halogens is 1. The van der Waals surface area contributed by atoms with E-state index in [2.05, 4.69) is 20.4 Å². The third kappa shape index (κ3) is 3.97. The summed E-state index contributed by atoms with van der Waals surface area (Å²) >= 11 is 0. The Kier molecular flexibility index (Phi) is 5.47. The van der Waals surface area contributed by atoms with Crippen LogP contribution in [0.5, 0.6) is 0 Å². The molecule has 3 N–H and O–H groups in total. The van der Waals surface area contributed by atoms with Crippen molar-refractivity contribution >= 4 is 40.1 Å². The SMILES string of the molecule is Cc1ccccc1C=Nn1c(N)c(C(=O)NCc2ccc(F)cc2)c2nc3ccccc3nc21. The molecule has 0 aliphatic heterocycles. The number of hydrogen-bond acceptors (Lipinski definition) is 5. The van der Waals surface area contributed by atoms with Crippen LogP contribution < -0.4 is 11.1 Å². The van der Waals surface area contributed by atoms with Gasteiger partial charge in [-0.25, -0.2) is 14.4 Å². The molecule has 0 saturated carbocycles. The van der Waals surface area contributed by atoms with E-state index in [9.17, 15) is 9.18 Å². The molecule has 0 atom stereocenters. The van der Waals surface area contributed by atoms with Gasteiger partial charge in [0.25, 0.3) is 5.91 Å². The van der Waals surface area contributed by atoms with E-state index in [0.29, 0.717) is 22.2 Å². The summed E-state index contributed by atoms with van der Waals surface area (Å²) in [6.07, 6.45) is 1.68. The molecule has 0 aliphatic carbocycles. The van der Waals surface area contributed by atoms with E-state index in [0.717, 1.165) is 16.7 Å². The van der Waals surface area contributed by atoms with Crippen molar-refractivity contribution in [2.45, 2.75) is 13.5 Å². The Balaban J connectivity index is 1.59. The van der Waals surface area contributed by atoms with Crippen molar-refractivity contribution in [2.75, 3.05) is 5.73 Å². The summed E-state index contributed by atoms with van der Waals surface area (Å²) in [4.78, 5) is 22.6. The highest BCUT2D eigenvalue weighted by Crippen LogP contribution is 2.28. The molecule has 0 unspecified atom stereocenters. The molecule has 0 bridgehead atoms. The van der Waals surface area contributed by atoms with Gasteiger partial charge in [-0.1, -0.05) is 48.5 Å². The first-order valence-electron chi connectivity index (χ1n) is 10.7. The number of carbonyl (C=O) groups excluding carboxylic acids is 1. The van der Waals surface area contributed by atoms with Crippen molar-refractivity contribution in [3.8, 4) is 0 Å². The average molecular weight is 452 g/mol. The normalized spacial score (nSPS) is 11.5. The van der Waals surface area contributed by atoms with Gasteiger partial charge in [-0.2, -0.15) is 9.78 Å². The second-order valence-electron chi connectivity index (χ2n) is 7.87. The Morgan fingerprint density at radius 1 is 1.03 bits per heavy atom. The van der Waals surface area contributed by atoms with Crippen molar-refractivity contribution in [1.29, 1.82) is 0 Å². The van der Waals surface area contributed by atoms with Crippen molar-refractivity contribution in [3.63, 3.8) is 0 Å². The number of aryl methyl sites for hydroxylation is 1. The Labute approximate surface area is 194 Å². The van der Waals surface area contributed by atoms with Gasteiger partial charge in [-0.3, -0.25) is 4.79 Å². The van der Waals surface area contributed by atoms with E-state index >= 15 is 0 Å². The fourth-order valence-electron chi connectivity index (χ4n) is 3.71. The number of nitrogen functional groups attached to an aromatic ring is 1. The second-order valence-corrected chi connectivity index (χ2v) is 7.87. The molecule has 0 fully saturated rings. The maximum absolute atomic E-state index is 13.2. The molecule has 0 saturated heterocycles. The number of amides is 1. The molecule has 34 heavy (non-hydrogen) atoms. The molecular weight excluding hydrogens is 431 g/mol. The van der Waals surface area contributed by atoms with E-state index in [1.807, 2.05) is 55.5 Å². The van der Waals surface area contributed by atoms with E-state index in [4.69, 9.17) is 5.73 Å². The predicted octanol–water partition coefficient (Wildman–Crippen LogP) is 4.43. The molecule has 0 aliphatic rings. The van der Waals surface area contributed by atoms with Crippen molar-refractivity contribution in [3.05, 3.63) is 101 Å². The van der Waals surface area contributed by atoms with Crippen LogP contribution in [-0.4, -0.2) is 26.8 Å². The lowest BCUT2D eigenvalue weighted by Gasteiger charge is -2.06. The van der Waals surface area contributed by atoms with E-state index in [1.54, 1.807) is 18.3 Å². The van der Waals surface area contributed by atoms with Crippen LogP contribution in [0.3, 0.4) is 0 Å². The molecule has 168 valence electrons. The molecule has 5 rings (SSSR count). The van der Waals surface area contributed by atoms with Crippen LogP contribution in [0.15, 0.2) is 77.9 Å². The van der Waals surface area contributed by atoms with Crippen LogP contribution in [0, 0.1) is 12.7 Å². The monoisotopic (exact) mass is 452 g/mol. The van der Waals surface area contributed by atoms with Crippen LogP contribution in [0.4, 0.5) is 10.2 Å². The first kappa shape index (κ1) is 21.3. The minimum atomic E-state index is -0.416. The first-order valence-corrected chi connectivity index (χ1v) is 10.7. The number of nitrogens with one attached hydrogen (secondary N) is 1. The topological polar surface area (TPSA) is 98.2 Å². The van der Waals surface area contributed by atoms with Gasteiger partial charge in [0.15, 0.2) is 5.65 Å². The van der Waals surface area contributed by atoms with Gasteiger partial charge in [0.2, 0.25) is 0 Å². The quantitative estimate of drug-likeness (QED) is 0.386. The van der Waals surface area contributed by atoms with Gasteiger partial charge < -0.3 is 11.1 Å². The van der Waals surface area contributed by atoms with Crippen LogP contribution in [-0.2, 0) is 6.54 Å². The summed E-state index contributed by atoms with van der Waals surface area (Å²) in [5, 5.41) is 7.38. The number of aromatic nitrogens is 3. The molecular formula is C26H21FN6O. The Morgan fingerprint density at radius 2 is 1.71 bits per heavy atom. The number of para-hydroxylation sites is 2. The van der Waals surface area contributed by atoms with Gasteiger partial charge in [-0.05, 0) is 47.9 Å². The van der Waals surface area contributed by atoms with E-state index in [1.165, 1.54) is 16.8 Å². The minimum absolute atomic E-state index is 0.131. The number of carbonyl (C=O) groups is 1. The largest absolute Gasteiger partial charge is 0.383 e. The summed E-state index contributed by atoms with van der Waals surface area (Å²) in [5.74, 6) is -0.621. The summed E-state index contributed by atoms with van der Waals surface area (Å²) < 4.78 is 14.6. The number of anilines is 1. The summed E-state index contributed by atoms with van der Waals surface area (Å²) in [7, 11) is 0. The van der Waals surface area contributed by atoms with Crippen LogP contribution in [0.25, 0.3) is 22.2 Å². The lowest BCUT2D eigenvalue weighted by Crippen LogP contribution is -2.23. The standard InChI is InChI=1S/C26H21FN6O/c1-16-6-2-3-7-18(16)15-30-33-24(28)22(26(34)29-14-17-10-12-19(27)13-11-17)23-25(33)32-21-9-5-4-8-20(21)31-23/h2-13,15H,14,28H2,1H3,(H,29,34). The van der Waals surface area contributed by atoms with Crippen molar-refractivity contribution in [2.24, 2.45) is 5.10 Å². The van der Waals surface area contributed by atoms with Crippen LogP contribution >= 0.6 is 0 Å². The number of hydrogen-bond donors (Lipinski definition) is 2. The predicted molar refractivity (Wildman–Crippen MR) is 131 cm³/mol. The second kappa shape index (κ2) is 8.74. The lowest BCUT2D eigenvalue weighted by atomic mass is 10.1. The fourth-order valence-corrected chi connectivity index (χ4v) is 3.71.